The highest BCUT2D eigenvalue weighted by molar-refractivity contribution is 5.92. The minimum Gasteiger partial charge on any atom is -0.493 e. The van der Waals surface area contributed by atoms with Crippen molar-refractivity contribution < 1.29 is 19.0 Å². The average molecular weight is 384 g/mol. The Morgan fingerprint density at radius 3 is 2.50 bits per heavy atom. The van der Waals surface area contributed by atoms with Crippen molar-refractivity contribution in [1.29, 1.82) is 0 Å². The Morgan fingerprint density at radius 1 is 1.07 bits per heavy atom. The lowest BCUT2D eigenvalue weighted by atomic mass is 10.1. The number of piperidine rings is 1. The van der Waals surface area contributed by atoms with Crippen molar-refractivity contribution in [2.24, 2.45) is 0 Å². The molecule has 3 rings (SSSR count). The Balaban J connectivity index is 1.58. The highest BCUT2D eigenvalue weighted by Gasteiger charge is 2.19. The predicted molar refractivity (Wildman–Crippen MR) is 111 cm³/mol. The van der Waals surface area contributed by atoms with E-state index in [2.05, 4.69) is 10.2 Å². The van der Waals surface area contributed by atoms with Gasteiger partial charge < -0.3 is 24.4 Å². The van der Waals surface area contributed by atoms with E-state index >= 15 is 0 Å². The Labute approximate surface area is 166 Å². The molecule has 1 aliphatic heterocycles. The van der Waals surface area contributed by atoms with Gasteiger partial charge in [0.2, 0.25) is 5.91 Å². The van der Waals surface area contributed by atoms with E-state index in [1.54, 1.807) is 21.3 Å². The summed E-state index contributed by atoms with van der Waals surface area (Å²) in [5.74, 6) is 1.20. The minimum absolute atomic E-state index is 0.0719. The van der Waals surface area contributed by atoms with Gasteiger partial charge >= 0.3 is 0 Å². The fourth-order valence-corrected chi connectivity index (χ4v) is 3.50. The molecule has 0 radical (unpaired) electrons. The van der Waals surface area contributed by atoms with Gasteiger partial charge in [0.15, 0.2) is 11.5 Å². The molecular weight excluding hydrogens is 356 g/mol. The number of rotatable bonds is 7. The van der Waals surface area contributed by atoms with Crippen LogP contribution in [0.1, 0.15) is 18.4 Å². The summed E-state index contributed by atoms with van der Waals surface area (Å²) in [7, 11) is 4.94. The van der Waals surface area contributed by atoms with Gasteiger partial charge in [-0.15, -0.1) is 0 Å². The van der Waals surface area contributed by atoms with Crippen molar-refractivity contribution in [3.8, 4) is 11.5 Å². The molecule has 0 saturated carbocycles. The summed E-state index contributed by atoms with van der Waals surface area (Å²) in [6.45, 7) is 1.94. The number of hydrogen-bond acceptors (Lipinski definition) is 5. The average Bonchev–Trinajstić information content (AvgIpc) is 2.74. The fraction of sp³-hybridized carbons (Fsp3) is 0.409. The molecule has 6 nitrogen and oxygen atoms in total. The van der Waals surface area contributed by atoms with E-state index in [-0.39, 0.29) is 18.4 Å². The first-order valence-electron chi connectivity index (χ1n) is 9.51. The number of anilines is 2. The van der Waals surface area contributed by atoms with Gasteiger partial charge in [0.25, 0.3) is 0 Å². The number of nitrogens with zero attached hydrogens (tertiary/aromatic N) is 1. The first-order chi connectivity index (χ1) is 13.6. The Hall–Kier alpha value is -2.73. The van der Waals surface area contributed by atoms with Gasteiger partial charge in [0, 0.05) is 31.6 Å². The van der Waals surface area contributed by atoms with Crippen molar-refractivity contribution >= 4 is 17.3 Å². The van der Waals surface area contributed by atoms with Gasteiger partial charge in [-0.05, 0) is 54.8 Å². The highest BCUT2D eigenvalue weighted by Crippen LogP contribution is 2.28. The maximum absolute atomic E-state index is 12.4. The third kappa shape index (κ3) is 4.95. The molecule has 1 amide bonds. The number of nitrogens with one attached hydrogen (secondary N) is 1. The third-order valence-electron chi connectivity index (χ3n) is 5.04. The molecule has 150 valence electrons. The van der Waals surface area contributed by atoms with Crippen molar-refractivity contribution in [2.45, 2.75) is 25.4 Å². The van der Waals surface area contributed by atoms with Crippen LogP contribution < -0.4 is 19.7 Å². The first-order valence-corrected chi connectivity index (χ1v) is 9.51. The normalized spacial score (nSPS) is 16.5. The fourth-order valence-electron chi connectivity index (χ4n) is 3.50. The van der Waals surface area contributed by atoms with Gasteiger partial charge in [0.05, 0.1) is 26.7 Å². The molecule has 1 unspecified atom stereocenters. The van der Waals surface area contributed by atoms with E-state index in [9.17, 15) is 4.79 Å². The van der Waals surface area contributed by atoms with Crippen molar-refractivity contribution in [3.63, 3.8) is 0 Å². The molecule has 1 atom stereocenters. The van der Waals surface area contributed by atoms with Crippen LogP contribution in [0.4, 0.5) is 11.4 Å². The molecule has 0 aliphatic carbocycles. The van der Waals surface area contributed by atoms with Crippen molar-refractivity contribution in [1.82, 2.24) is 0 Å². The molecule has 1 heterocycles. The maximum Gasteiger partial charge on any atom is 0.228 e. The summed E-state index contributed by atoms with van der Waals surface area (Å²) in [6.07, 6.45) is 2.79. The van der Waals surface area contributed by atoms with E-state index in [4.69, 9.17) is 14.2 Å². The molecule has 1 N–H and O–H groups in total. The summed E-state index contributed by atoms with van der Waals surface area (Å²) in [4.78, 5) is 14.7. The van der Waals surface area contributed by atoms with E-state index in [1.165, 1.54) is 0 Å². The molecule has 0 bridgehead atoms. The molecule has 2 aromatic rings. The number of ether oxygens (including phenoxy) is 3. The largest absolute Gasteiger partial charge is 0.493 e. The van der Waals surface area contributed by atoms with Crippen LogP contribution in [0.15, 0.2) is 42.5 Å². The monoisotopic (exact) mass is 384 g/mol. The van der Waals surface area contributed by atoms with Crippen molar-refractivity contribution in [3.05, 3.63) is 48.0 Å². The zero-order valence-corrected chi connectivity index (χ0v) is 16.7. The number of methoxy groups -OCH3 is 3. The van der Waals surface area contributed by atoms with Crippen LogP contribution in [-0.4, -0.2) is 46.4 Å². The quantitative estimate of drug-likeness (QED) is 0.792. The molecule has 0 aromatic heterocycles. The molecule has 28 heavy (non-hydrogen) atoms. The van der Waals surface area contributed by atoms with Gasteiger partial charge in [-0.1, -0.05) is 6.07 Å². The second-order valence-electron chi connectivity index (χ2n) is 6.91. The summed E-state index contributed by atoms with van der Waals surface area (Å²) in [6, 6.07) is 13.5. The van der Waals surface area contributed by atoms with Crippen LogP contribution >= 0.6 is 0 Å². The van der Waals surface area contributed by atoms with E-state index in [0.717, 1.165) is 42.9 Å². The second kappa shape index (κ2) is 9.46. The van der Waals surface area contributed by atoms with Gasteiger partial charge in [-0.25, -0.2) is 0 Å². The van der Waals surface area contributed by atoms with Gasteiger partial charge in [-0.2, -0.15) is 0 Å². The van der Waals surface area contributed by atoms with E-state index in [1.807, 2.05) is 42.5 Å². The zero-order chi connectivity index (χ0) is 19.9. The summed E-state index contributed by atoms with van der Waals surface area (Å²) in [5, 5.41) is 2.95. The van der Waals surface area contributed by atoms with Crippen LogP contribution in [0.2, 0.25) is 0 Å². The maximum atomic E-state index is 12.4. The number of carbonyl (C=O) groups is 1. The SMILES string of the molecule is COc1ccc(CC(=O)Nc2ccc(N3CCCC(OC)C3)cc2)cc1OC. The third-order valence-corrected chi connectivity index (χ3v) is 5.04. The van der Waals surface area contributed by atoms with Crippen LogP contribution in [0.5, 0.6) is 11.5 Å². The lowest BCUT2D eigenvalue weighted by Gasteiger charge is -2.33. The Kier molecular flexibility index (Phi) is 6.76. The lowest BCUT2D eigenvalue weighted by Crippen LogP contribution is -2.39. The minimum atomic E-state index is -0.0719. The molecule has 6 heteroatoms. The first kappa shape index (κ1) is 20.0. The topological polar surface area (TPSA) is 60.0 Å². The predicted octanol–water partition coefficient (Wildman–Crippen LogP) is 3.50. The smallest absolute Gasteiger partial charge is 0.228 e. The lowest BCUT2D eigenvalue weighted by molar-refractivity contribution is -0.115. The molecule has 1 saturated heterocycles. The summed E-state index contributed by atoms with van der Waals surface area (Å²) in [5.41, 5.74) is 2.81. The Morgan fingerprint density at radius 2 is 1.82 bits per heavy atom. The van der Waals surface area contributed by atoms with Gasteiger partial charge in [-0.3, -0.25) is 4.79 Å². The Bertz CT molecular complexity index is 792. The molecule has 2 aromatic carbocycles. The molecule has 1 fully saturated rings. The number of hydrogen-bond donors (Lipinski definition) is 1. The van der Waals surface area contributed by atoms with E-state index in [0.29, 0.717) is 11.5 Å². The molecule has 0 spiro atoms. The van der Waals surface area contributed by atoms with Crippen LogP contribution in [-0.2, 0) is 16.0 Å². The highest BCUT2D eigenvalue weighted by atomic mass is 16.5. The van der Waals surface area contributed by atoms with Crippen LogP contribution in [0.3, 0.4) is 0 Å². The number of carbonyl (C=O) groups excluding carboxylic acids is 1. The van der Waals surface area contributed by atoms with Crippen molar-refractivity contribution in [2.75, 3.05) is 44.6 Å². The standard InChI is InChI=1S/C22H28N2O4/c1-26-19-5-4-12-24(15-19)18-9-7-17(8-10-18)23-22(25)14-16-6-11-20(27-2)21(13-16)28-3/h6-11,13,19H,4-5,12,14-15H2,1-3H3,(H,23,25). The number of benzene rings is 2. The van der Waals surface area contributed by atoms with Crippen LogP contribution in [0.25, 0.3) is 0 Å². The summed E-state index contributed by atoms with van der Waals surface area (Å²) < 4.78 is 16.0. The van der Waals surface area contributed by atoms with Crippen LogP contribution in [0, 0.1) is 0 Å². The molecular formula is C22H28N2O4. The second-order valence-corrected chi connectivity index (χ2v) is 6.91. The molecule has 1 aliphatic rings. The zero-order valence-electron chi connectivity index (χ0n) is 16.7. The van der Waals surface area contributed by atoms with E-state index < -0.39 is 0 Å². The van der Waals surface area contributed by atoms with Gasteiger partial charge in [0.1, 0.15) is 0 Å². The number of amides is 1. The summed E-state index contributed by atoms with van der Waals surface area (Å²) >= 11 is 0.